The van der Waals surface area contributed by atoms with Crippen molar-refractivity contribution >= 4 is 45.2 Å². The number of fused-ring (bicyclic) bond motifs is 1. The Kier molecular flexibility index (Phi) is 5.84. The van der Waals surface area contributed by atoms with E-state index in [9.17, 15) is 18.8 Å². The van der Waals surface area contributed by atoms with E-state index in [1.807, 2.05) is 0 Å². The minimum Gasteiger partial charge on any atom is -0.300 e. The SMILES string of the molecule is Cc1nnc(NC(=O)CSc2nc(-c3ccccc3F)nc3c2c(=O)n(C)c(=O)n3C)s1. The Balaban J connectivity index is 1.80. The molecule has 0 spiro atoms. The summed E-state index contributed by atoms with van der Waals surface area (Å²) in [6.07, 6.45) is 0. The van der Waals surface area contributed by atoms with Gasteiger partial charge in [0.1, 0.15) is 21.2 Å². The van der Waals surface area contributed by atoms with E-state index in [-0.39, 0.29) is 39.1 Å². The Morgan fingerprint density at radius 2 is 1.91 bits per heavy atom. The highest BCUT2D eigenvalue weighted by Gasteiger charge is 2.20. The van der Waals surface area contributed by atoms with Crippen molar-refractivity contribution in [3.63, 3.8) is 0 Å². The molecule has 0 saturated carbocycles. The van der Waals surface area contributed by atoms with Crippen molar-refractivity contribution in [3.8, 4) is 11.4 Å². The Morgan fingerprint density at radius 3 is 2.59 bits per heavy atom. The number of anilines is 1. The molecule has 1 amide bonds. The molecule has 0 aliphatic heterocycles. The third-order valence-electron chi connectivity index (χ3n) is 4.49. The van der Waals surface area contributed by atoms with E-state index in [2.05, 4.69) is 25.5 Å². The van der Waals surface area contributed by atoms with Crippen molar-refractivity contribution in [1.82, 2.24) is 29.3 Å². The van der Waals surface area contributed by atoms with Gasteiger partial charge < -0.3 is 0 Å². The lowest BCUT2D eigenvalue weighted by Gasteiger charge is -2.12. The van der Waals surface area contributed by atoms with E-state index in [0.717, 1.165) is 16.3 Å². The Bertz CT molecular complexity index is 1480. The number of hydrogen-bond acceptors (Lipinski definition) is 9. The Hall–Kier alpha value is -3.45. The monoisotopic (exact) mass is 473 g/mol. The van der Waals surface area contributed by atoms with Gasteiger partial charge in [0.25, 0.3) is 5.56 Å². The number of hydrogen-bond donors (Lipinski definition) is 1. The van der Waals surface area contributed by atoms with Crippen molar-refractivity contribution in [3.05, 3.63) is 55.9 Å². The van der Waals surface area contributed by atoms with Gasteiger partial charge >= 0.3 is 5.69 Å². The highest BCUT2D eigenvalue weighted by molar-refractivity contribution is 8.00. The van der Waals surface area contributed by atoms with Crippen LogP contribution in [0.15, 0.2) is 38.9 Å². The maximum absolute atomic E-state index is 14.4. The second-order valence-electron chi connectivity index (χ2n) is 6.70. The van der Waals surface area contributed by atoms with Crippen LogP contribution in [0.5, 0.6) is 0 Å². The van der Waals surface area contributed by atoms with Gasteiger partial charge in [0.2, 0.25) is 11.0 Å². The van der Waals surface area contributed by atoms with Crippen LogP contribution in [-0.4, -0.2) is 41.0 Å². The number of carbonyl (C=O) groups is 1. The molecule has 4 aromatic rings. The van der Waals surface area contributed by atoms with Crippen molar-refractivity contribution in [2.75, 3.05) is 11.1 Å². The first-order chi connectivity index (χ1) is 15.3. The van der Waals surface area contributed by atoms with Gasteiger partial charge in [-0.25, -0.2) is 19.2 Å². The maximum atomic E-state index is 14.4. The fourth-order valence-electron chi connectivity index (χ4n) is 2.93. The number of aryl methyl sites for hydroxylation is 2. The van der Waals surface area contributed by atoms with Gasteiger partial charge in [-0.3, -0.25) is 24.0 Å². The number of aromatic nitrogens is 6. The van der Waals surface area contributed by atoms with Gasteiger partial charge in [0, 0.05) is 14.1 Å². The van der Waals surface area contributed by atoms with Crippen LogP contribution >= 0.6 is 23.1 Å². The van der Waals surface area contributed by atoms with Gasteiger partial charge in [-0.1, -0.05) is 35.2 Å². The first-order valence-electron chi connectivity index (χ1n) is 9.21. The fourth-order valence-corrected chi connectivity index (χ4v) is 4.35. The fraction of sp³-hybridized carbons (Fsp3) is 0.211. The predicted molar refractivity (Wildman–Crippen MR) is 119 cm³/mol. The van der Waals surface area contributed by atoms with Crippen LogP contribution in [0.4, 0.5) is 9.52 Å². The molecule has 0 aliphatic rings. The number of rotatable bonds is 5. The minimum absolute atomic E-state index is 0.00140. The summed E-state index contributed by atoms with van der Waals surface area (Å²) in [7, 11) is 2.80. The summed E-state index contributed by atoms with van der Waals surface area (Å²) in [5.74, 6) is -1.04. The van der Waals surface area contributed by atoms with E-state index in [0.29, 0.717) is 10.1 Å². The molecule has 3 aromatic heterocycles. The number of carbonyl (C=O) groups excluding carboxylic acids is 1. The van der Waals surface area contributed by atoms with E-state index < -0.39 is 17.1 Å². The van der Waals surface area contributed by atoms with Crippen molar-refractivity contribution in [1.29, 1.82) is 0 Å². The second kappa shape index (κ2) is 8.59. The molecule has 4 rings (SSSR count). The summed E-state index contributed by atoms with van der Waals surface area (Å²) in [6, 6.07) is 5.91. The van der Waals surface area contributed by atoms with Gasteiger partial charge in [-0.2, -0.15) is 0 Å². The summed E-state index contributed by atoms with van der Waals surface area (Å²) >= 11 is 2.21. The lowest BCUT2D eigenvalue weighted by Crippen LogP contribution is -2.37. The quantitative estimate of drug-likeness (QED) is 0.343. The lowest BCUT2D eigenvalue weighted by molar-refractivity contribution is -0.113. The average Bonchev–Trinajstić information content (AvgIpc) is 3.18. The van der Waals surface area contributed by atoms with E-state index >= 15 is 0 Å². The van der Waals surface area contributed by atoms with Crippen LogP contribution in [0.25, 0.3) is 22.4 Å². The summed E-state index contributed by atoms with van der Waals surface area (Å²) in [6.45, 7) is 1.76. The van der Waals surface area contributed by atoms with Crippen LogP contribution in [0.2, 0.25) is 0 Å². The van der Waals surface area contributed by atoms with Crippen LogP contribution in [0.3, 0.4) is 0 Å². The molecule has 0 aliphatic carbocycles. The number of amides is 1. The van der Waals surface area contributed by atoms with E-state index in [4.69, 9.17) is 0 Å². The molecule has 0 saturated heterocycles. The topological polar surface area (TPSA) is 125 Å². The third kappa shape index (κ3) is 4.03. The maximum Gasteiger partial charge on any atom is 0.332 e. The molecule has 0 atom stereocenters. The summed E-state index contributed by atoms with van der Waals surface area (Å²) in [5.41, 5.74) is -1.03. The first kappa shape index (κ1) is 21.8. The van der Waals surface area contributed by atoms with E-state index in [1.54, 1.807) is 13.0 Å². The van der Waals surface area contributed by atoms with Crippen molar-refractivity contribution < 1.29 is 9.18 Å². The molecule has 32 heavy (non-hydrogen) atoms. The molecule has 1 aromatic carbocycles. The van der Waals surface area contributed by atoms with Gasteiger partial charge in [0.05, 0.1) is 11.3 Å². The molecule has 3 heterocycles. The smallest absolute Gasteiger partial charge is 0.300 e. The van der Waals surface area contributed by atoms with Gasteiger partial charge in [-0.05, 0) is 19.1 Å². The molecule has 0 bridgehead atoms. The normalized spacial score (nSPS) is 11.1. The standard InChI is InChI=1S/C19H16FN7O3S2/c1-9-24-25-18(32-9)21-12(28)8-31-16-13-15(26(2)19(30)27(3)17(13)29)22-14(23-16)10-6-4-5-7-11(10)20/h4-7H,8H2,1-3H3,(H,21,25,28). The van der Waals surface area contributed by atoms with Gasteiger partial charge in [-0.15, -0.1) is 10.2 Å². The second-order valence-corrected chi connectivity index (χ2v) is 8.85. The van der Waals surface area contributed by atoms with Crippen LogP contribution in [-0.2, 0) is 18.9 Å². The number of halogens is 1. The lowest BCUT2D eigenvalue weighted by atomic mass is 10.2. The Labute approximate surface area is 188 Å². The predicted octanol–water partition coefficient (Wildman–Crippen LogP) is 1.72. The zero-order valence-electron chi connectivity index (χ0n) is 17.1. The van der Waals surface area contributed by atoms with E-state index in [1.165, 1.54) is 48.2 Å². The Morgan fingerprint density at radius 1 is 1.16 bits per heavy atom. The molecular formula is C19H16FN7O3S2. The molecule has 0 unspecified atom stereocenters. The molecular weight excluding hydrogens is 457 g/mol. The zero-order valence-corrected chi connectivity index (χ0v) is 18.8. The minimum atomic E-state index is -0.606. The average molecular weight is 474 g/mol. The molecule has 13 heteroatoms. The number of benzene rings is 1. The largest absolute Gasteiger partial charge is 0.332 e. The molecule has 164 valence electrons. The summed E-state index contributed by atoms with van der Waals surface area (Å²) < 4.78 is 16.5. The summed E-state index contributed by atoms with van der Waals surface area (Å²) in [5, 5.41) is 11.6. The molecule has 0 radical (unpaired) electrons. The number of nitrogens with zero attached hydrogens (tertiary/aromatic N) is 6. The first-order valence-corrected chi connectivity index (χ1v) is 11.0. The zero-order chi connectivity index (χ0) is 23.0. The molecule has 0 fully saturated rings. The summed E-state index contributed by atoms with van der Waals surface area (Å²) in [4.78, 5) is 46.3. The van der Waals surface area contributed by atoms with Crippen LogP contribution in [0.1, 0.15) is 5.01 Å². The highest BCUT2D eigenvalue weighted by Crippen LogP contribution is 2.27. The van der Waals surface area contributed by atoms with Crippen LogP contribution in [0, 0.1) is 12.7 Å². The molecule has 1 N–H and O–H groups in total. The number of nitrogens with one attached hydrogen (secondary N) is 1. The van der Waals surface area contributed by atoms with Crippen molar-refractivity contribution in [2.45, 2.75) is 11.9 Å². The number of thioether (sulfide) groups is 1. The third-order valence-corrected chi connectivity index (χ3v) is 6.22. The molecule has 10 nitrogen and oxygen atoms in total. The van der Waals surface area contributed by atoms with Crippen molar-refractivity contribution in [2.24, 2.45) is 14.1 Å². The van der Waals surface area contributed by atoms with Crippen LogP contribution < -0.4 is 16.6 Å². The highest BCUT2D eigenvalue weighted by atomic mass is 32.2. The van der Waals surface area contributed by atoms with Gasteiger partial charge in [0.15, 0.2) is 11.5 Å².